The molecule has 0 aromatic carbocycles. The van der Waals surface area contributed by atoms with E-state index in [9.17, 15) is 0 Å². The average Bonchev–Trinajstić information content (AvgIpc) is 2.46. The van der Waals surface area contributed by atoms with Crippen LogP contribution in [0.5, 0.6) is 0 Å². The molecule has 0 radical (unpaired) electrons. The second-order valence-electron chi connectivity index (χ2n) is 3.50. The molecule has 0 aliphatic carbocycles. The highest BCUT2D eigenvalue weighted by atomic mass is 35.5. The lowest BCUT2D eigenvalue weighted by atomic mass is 10.3. The summed E-state index contributed by atoms with van der Waals surface area (Å²) in [4.78, 5) is 3.54. The molecule has 0 aliphatic rings. The third kappa shape index (κ3) is 3.24. The van der Waals surface area contributed by atoms with Crippen LogP contribution >= 0.6 is 22.9 Å². The van der Waals surface area contributed by atoms with Gasteiger partial charge in [-0.05, 0) is 32.0 Å². The molecule has 1 aromatic heterocycles. The monoisotopic (exact) mass is 232 g/mol. The third-order valence-corrected chi connectivity index (χ3v) is 3.85. The second kappa shape index (κ2) is 5.71. The minimum absolute atomic E-state index is 0.936. The Bertz CT molecular complexity index is 286. The summed E-state index contributed by atoms with van der Waals surface area (Å²) in [7, 11) is 4.08. The number of hydrogen-bond acceptors (Lipinski definition) is 3. The molecular formula is C10H17ClN2S. The van der Waals surface area contributed by atoms with Crippen LogP contribution in [0.25, 0.3) is 0 Å². The molecule has 0 spiro atoms. The van der Waals surface area contributed by atoms with Crippen molar-refractivity contribution in [2.24, 2.45) is 0 Å². The quantitative estimate of drug-likeness (QED) is 0.839. The SMILES string of the molecule is CNCCN(C)Cc1scc(C)c1Cl. The highest BCUT2D eigenvalue weighted by molar-refractivity contribution is 7.10. The minimum atomic E-state index is 0.936. The van der Waals surface area contributed by atoms with Gasteiger partial charge in [-0.2, -0.15) is 0 Å². The van der Waals surface area contributed by atoms with Crippen molar-refractivity contribution in [2.45, 2.75) is 13.5 Å². The molecular weight excluding hydrogens is 216 g/mol. The van der Waals surface area contributed by atoms with Gasteiger partial charge in [0.2, 0.25) is 0 Å². The molecule has 0 amide bonds. The number of nitrogens with zero attached hydrogens (tertiary/aromatic N) is 1. The average molecular weight is 233 g/mol. The van der Waals surface area contributed by atoms with Crippen LogP contribution in [0.1, 0.15) is 10.4 Å². The van der Waals surface area contributed by atoms with Gasteiger partial charge in [-0.3, -0.25) is 4.90 Å². The lowest BCUT2D eigenvalue weighted by molar-refractivity contribution is 0.331. The highest BCUT2D eigenvalue weighted by Crippen LogP contribution is 2.27. The largest absolute Gasteiger partial charge is 0.318 e. The zero-order valence-electron chi connectivity index (χ0n) is 8.93. The van der Waals surface area contributed by atoms with Gasteiger partial charge in [0.05, 0.1) is 5.02 Å². The first-order valence-electron chi connectivity index (χ1n) is 4.70. The van der Waals surface area contributed by atoms with Crippen LogP contribution in [-0.2, 0) is 6.54 Å². The number of likely N-dealkylation sites (N-methyl/N-ethyl adjacent to an activating group) is 2. The first kappa shape index (κ1) is 12.0. The number of halogens is 1. The minimum Gasteiger partial charge on any atom is -0.318 e. The summed E-state index contributed by atoms with van der Waals surface area (Å²) in [6.07, 6.45) is 0. The van der Waals surface area contributed by atoms with E-state index in [0.717, 1.165) is 24.7 Å². The van der Waals surface area contributed by atoms with Crippen LogP contribution < -0.4 is 5.32 Å². The molecule has 4 heteroatoms. The van der Waals surface area contributed by atoms with Crippen molar-refractivity contribution in [3.8, 4) is 0 Å². The van der Waals surface area contributed by atoms with Crippen molar-refractivity contribution in [1.29, 1.82) is 0 Å². The molecule has 0 saturated carbocycles. The van der Waals surface area contributed by atoms with Gasteiger partial charge in [0.1, 0.15) is 0 Å². The Balaban J connectivity index is 2.47. The van der Waals surface area contributed by atoms with E-state index in [1.165, 1.54) is 10.4 Å². The van der Waals surface area contributed by atoms with Crippen molar-refractivity contribution in [2.75, 3.05) is 27.2 Å². The number of hydrogen-bond donors (Lipinski definition) is 1. The van der Waals surface area contributed by atoms with Gasteiger partial charge < -0.3 is 5.32 Å². The van der Waals surface area contributed by atoms with E-state index >= 15 is 0 Å². The molecule has 80 valence electrons. The van der Waals surface area contributed by atoms with Crippen LogP contribution in [0.2, 0.25) is 5.02 Å². The van der Waals surface area contributed by atoms with Crippen LogP contribution in [0.3, 0.4) is 0 Å². The molecule has 0 bridgehead atoms. The van der Waals surface area contributed by atoms with E-state index in [-0.39, 0.29) is 0 Å². The van der Waals surface area contributed by atoms with E-state index in [2.05, 4.69) is 29.6 Å². The zero-order valence-corrected chi connectivity index (χ0v) is 10.5. The molecule has 14 heavy (non-hydrogen) atoms. The van der Waals surface area contributed by atoms with Crippen LogP contribution in [0.15, 0.2) is 5.38 Å². The smallest absolute Gasteiger partial charge is 0.0587 e. The molecule has 2 nitrogen and oxygen atoms in total. The summed E-state index contributed by atoms with van der Waals surface area (Å²) >= 11 is 7.90. The lowest BCUT2D eigenvalue weighted by Crippen LogP contribution is -2.26. The third-order valence-electron chi connectivity index (χ3n) is 2.13. The first-order valence-corrected chi connectivity index (χ1v) is 5.96. The fourth-order valence-corrected chi connectivity index (χ4v) is 2.53. The molecule has 0 unspecified atom stereocenters. The molecule has 1 aromatic rings. The van der Waals surface area contributed by atoms with E-state index in [4.69, 9.17) is 11.6 Å². The predicted molar refractivity (Wildman–Crippen MR) is 64.3 cm³/mol. The molecule has 1 heterocycles. The van der Waals surface area contributed by atoms with E-state index in [1.54, 1.807) is 11.3 Å². The highest BCUT2D eigenvalue weighted by Gasteiger charge is 2.08. The standard InChI is InChI=1S/C10H17ClN2S/c1-8-7-14-9(10(8)11)6-13(3)5-4-12-2/h7,12H,4-6H2,1-3H3. The first-order chi connectivity index (χ1) is 6.65. The Morgan fingerprint density at radius 1 is 1.57 bits per heavy atom. The van der Waals surface area contributed by atoms with Crippen LogP contribution in [0, 0.1) is 6.92 Å². The topological polar surface area (TPSA) is 15.3 Å². The van der Waals surface area contributed by atoms with Crippen molar-refractivity contribution in [3.63, 3.8) is 0 Å². The van der Waals surface area contributed by atoms with Crippen molar-refractivity contribution < 1.29 is 0 Å². The summed E-state index contributed by atoms with van der Waals surface area (Å²) in [6.45, 7) is 5.05. The summed E-state index contributed by atoms with van der Waals surface area (Å²) in [5.41, 5.74) is 1.19. The second-order valence-corrected chi connectivity index (χ2v) is 4.84. The van der Waals surface area contributed by atoms with Gasteiger partial charge in [-0.25, -0.2) is 0 Å². The maximum absolute atomic E-state index is 6.16. The Morgan fingerprint density at radius 2 is 2.29 bits per heavy atom. The normalized spacial score (nSPS) is 11.2. The molecule has 0 atom stereocenters. The van der Waals surface area contributed by atoms with Gasteiger partial charge in [-0.1, -0.05) is 11.6 Å². The lowest BCUT2D eigenvalue weighted by Gasteiger charge is -2.15. The van der Waals surface area contributed by atoms with E-state index < -0.39 is 0 Å². The Morgan fingerprint density at radius 3 is 2.79 bits per heavy atom. The summed E-state index contributed by atoms with van der Waals surface area (Å²) < 4.78 is 0. The number of thiophene rings is 1. The summed E-state index contributed by atoms with van der Waals surface area (Å²) in [5.74, 6) is 0. The molecule has 1 N–H and O–H groups in total. The van der Waals surface area contributed by atoms with Crippen molar-refractivity contribution >= 4 is 22.9 Å². The van der Waals surface area contributed by atoms with Crippen molar-refractivity contribution in [3.05, 3.63) is 20.8 Å². The van der Waals surface area contributed by atoms with E-state index in [0.29, 0.717) is 0 Å². The van der Waals surface area contributed by atoms with Crippen molar-refractivity contribution in [1.82, 2.24) is 10.2 Å². The number of nitrogens with one attached hydrogen (secondary N) is 1. The van der Waals surface area contributed by atoms with Crippen LogP contribution in [0.4, 0.5) is 0 Å². The fraction of sp³-hybridized carbons (Fsp3) is 0.600. The van der Waals surface area contributed by atoms with Crippen LogP contribution in [-0.4, -0.2) is 32.1 Å². The summed E-state index contributed by atoms with van der Waals surface area (Å²) in [5, 5.41) is 6.18. The molecule has 0 aliphatic heterocycles. The number of aryl methyl sites for hydroxylation is 1. The molecule has 0 saturated heterocycles. The van der Waals surface area contributed by atoms with E-state index in [1.807, 2.05) is 7.05 Å². The zero-order chi connectivity index (χ0) is 10.6. The Kier molecular flexibility index (Phi) is 4.89. The molecule has 1 rings (SSSR count). The van der Waals surface area contributed by atoms with Gasteiger partial charge in [-0.15, -0.1) is 11.3 Å². The predicted octanol–water partition coefficient (Wildman–Crippen LogP) is 2.36. The molecule has 0 fully saturated rings. The van der Waals surface area contributed by atoms with Gasteiger partial charge in [0, 0.05) is 24.5 Å². The van der Waals surface area contributed by atoms with Gasteiger partial charge in [0.25, 0.3) is 0 Å². The maximum Gasteiger partial charge on any atom is 0.0587 e. The Hall–Kier alpha value is -0.0900. The van der Waals surface area contributed by atoms with Gasteiger partial charge in [0.15, 0.2) is 0 Å². The maximum atomic E-state index is 6.16. The number of rotatable bonds is 5. The summed E-state index contributed by atoms with van der Waals surface area (Å²) in [6, 6.07) is 0. The van der Waals surface area contributed by atoms with Gasteiger partial charge >= 0.3 is 0 Å². The Labute approximate surface area is 94.9 Å². The fourth-order valence-electron chi connectivity index (χ4n) is 1.22.